The number of aromatic nitrogens is 1. The summed E-state index contributed by atoms with van der Waals surface area (Å²) in [6, 6.07) is 11.1. The van der Waals surface area contributed by atoms with Crippen LogP contribution in [0.4, 0.5) is 0 Å². The number of nitrogens with zero attached hydrogens (tertiary/aromatic N) is 1. The van der Waals surface area contributed by atoms with Crippen LogP contribution in [-0.4, -0.2) is 17.6 Å². The van der Waals surface area contributed by atoms with Crippen molar-refractivity contribution >= 4 is 5.97 Å². The highest BCUT2D eigenvalue weighted by molar-refractivity contribution is 5.90. The molecule has 0 aliphatic heterocycles. The van der Waals surface area contributed by atoms with Gasteiger partial charge in [-0.2, -0.15) is 0 Å². The molecule has 0 amide bonds. The first-order valence-corrected chi connectivity index (χ1v) is 6.17. The number of carbonyl (C=O) groups is 1. The summed E-state index contributed by atoms with van der Waals surface area (Å²) in [6.45, 7) is 2.60. The van der Waals surface area contributed by atoms with Crippen LogP contribution in [0.25, 0.3) is 11.1 Å². The number of nitrogens with two attached hydrogens (primary N) is 1. The van der Waals surface area contributed by atoms with Gasteiger partial charge in [0.1, 0.15) is 0 Å². The molecule has 4 heteroatoms. The molecule has 0 saturated heterocycles. The molecule has 98 valence electrons. The smallest absolute Gasteiger partial charge is 0.338 e. The predicted octanol–water partition coefficient (Wildman–Crippen LogP) is 2.38. The summed E-state index contributed by atoms with van der Waals surface area (Å²) in [5.41, 5.74) is 8.91. The third kappa shape index (κ3) is 3.17. The Hall–Kier alpha value is -2.20. The first-order valence-electron chi connectivity index (χ1n) is 6.17. The third-order valence-electron chi connectivity index (χ3n) is 2.76. The van der Waals surface area contributed by atoms with Crippen LogP contribution >= 0.6 is 0 Å². The molecule has 1 aromatic heterocycles. The van der Waals surface area contributed by atoms with E-state index in [4.69, 9.17) is 10.5 Å². The van der Waals surface area contributed by atoms with Gasteiger partial charge >= 0.3 is 5.97 Å². The Kier molecular flexibility index (Phi) is 4.26. The third-order valence-corrected chi connectivity index (χ3v) is 2.76. The van der Waals surface area contributed by atoms with Crippen molar-refractivity contribution in [1.82, 2.24) is 4.98 Å². The minimum Gasteiger partial charge on any atom is -0.462 e. The normalized spacial score (nSPS) is 10.2. The zero-order chi connectivity index (χ0) is 13.7. The lowest BCUT2D eigenvalue weighted by Crippen LogP contribution is -2.04. The van der Waals surface area contributed by atoms with Gasteiger partial charge in [-0.1, -0.05) is 18.2 Å². The molecular weight excluding hydrogens is 240 g/mol. The molecule has 2 rings (SSSR count). The van der Waals surface area contributed by atoms with Gasteiger partial charge in [0, 0.05) is 18.3 Å². The molecule has 0 bridgehead atoms. The van der Waals surface area contributed by atoms with Gasteiger partial charge in [0.15, 0.2) is 0 Å². The Morgan fingerprint density at radius 3 is 2.37 bits per heavy atom. The van der Waals surface area contributed by atoms with Gasteiger partial charge in [-0.25, -0.2) is 4.79 Å². The fourth-order valence-electron chi connectivity index (χ4n) is 1.73. The summed E-state index contributed by atoms with van der Waals surface area (Å²) in [6.07, 6.45) is 1.78. The number of benzene rings is 1. The Bertz CT molecular complexity index is 547. The molecule has 0 unspecified atom stereocenters. The van der Waals surface area contributed by atoms with Gasteiger partial charge in [-0.3, -0.25) is 4.98 Å². The summed E-state index contributed by atoms with van der Waals surface area (Å²) in [5, 5.41) is 0. The summed E-state index contributed by atoms with van der Waals surface area (Å²) >= 11 is 0. The number of ether oxygens (including phenoxy) is 1. The quantitative estimate of drug-likeness (QED) is 0.853. The molecule has 0 saturated carbocycles. The van der Waals surface area contributed by atoms with E-state index in [-0.39, 0.29) is 5.97 Å². The second-order valence-corrected chi connectivity index (χ2v) is 4.04. The average Bonchev–Trinajstić information content (AvgIpc) is 2.48. The largest absolute Gasteiger partial charge is 0.462 e. The second kappa shape index (κ2) is 6.11. The molecule has 0 aliphatic rings. The number of esters is 1. The van der Waals surface area contributed by atoms with Crippen molar-refractivity contribution in [1.29, 1.82) is 0 Å². The second-order valence-electron chi connectivity index (χ2n) is 4.04. The maximum atomic E-state index is 11.5. The lowest BCUT2D eigenvalue weighted by molar-refractivity contribution is 0.0526. The van der Waals surface area contributed by atoms with Gasteiger partial charge in [0.25, 0.3) is 0 Å². The highest BCUT2D eigenvalue weighted by Crippen LogP contribution is 2.19. The fourth-order valence-corrected chi connectivity index (χ4v) is 1.73. The van der Waals surface area contributed by atoms with E-state index >= 15 is 0 Å². The molecule has 0 spiro atoms. The van der Waals surface area contributed by atoms with Crippen molar-refractivity contribution in [2.45, 2.75) is 13.5 Å². The van der Waals surface area contributed by atoms with E-state index in [1.165, 1.54) is 0 Å². The number of carbonyl (C=O) groups excluding carboxylic acids is 1. The maximum absolute atomic E-state index is 11.5. The van der Waals surface area contributed by atoms with E-state index in [1.54, 1.807) is 25.3 Å². The minimum absolute atomic E-state index is 0.300. The van der Waals surface area contributed by atoms with Crippen molar-refractivity contribution in [2.75, 3.05) is 6.61 Å². The van der Waals surface area contributed by atoms with Crippen molar-refractivity contribution in [2.24, 2.45) is 5.73 Å². The van der Waals surface area contributed by atoms with E-state index in [0.717, 1.165) is 16.8 Å². The topological polar surface area (TPSA) is 65.2 Å². The Labute approximate surface area is 112 Å². The molecule has 0 fully saturated rings. The molecule has 1 heterocycles. The zero-order valence-corrected chi connectivity index (χ0v) is 10.8. The molecule has 4 nitrogen and oxygen atoms in total. The molecule has 0 atom stereocenters. The summed E-state index contributed by atoms with van der Waals surface area (Å²) in [4.78, 5) is 15.8. The minimum atomic E-state index is -0.300. The van der Waals surface area contributed by atoms with Crippen LogP contribution in [0.15, 0.2) is 42.6 Å². The van der Waals surface area contributed by atoms with Gasteiger partial charge in [-0.05, 0) is 30.7 Å². The maximum Gasteiger partial charge on any atom is 0.338 e. The van der Waals surface area contributed by atoms with Crippen LogP contribution in [0.3, 0.4) is 0 Å². The van der Waals surface area contributed by atoms with Gasteiger partial charge < -0.3 is 10.5 Å². The molecule has 2 N–H and O–H groups in total. The van der Waals surface area contributed by atoms with Crippen LogP contribution in [-0.2, 0) is 11.3 Å². The average molecular weight is 256 g/mol. The highest BCUT2D eigenvalue weighted by atomic mass is 16.5. The fraction of sp³-hybridized carbons (Fsp3) is 0.200. The van der Waals surface area contributed by atoms with Crippen LogP contribution < -0.4 is 5.73 Å². The van der Waals surface area contributed by atoms with Gasteiger partial charge in [0.2, 0.25) is 0 Å². The van der Waals surface area contributed by atoms with Crippen LogP contribution in [0, 0.1) is 0 Å². The predicted molar refractivity (Wildman–Crippen MR) is 73.5 cm³/mol. The van der Waals surface area contributed by atoms with Crippen LogP contribution in [0.5, 0.6) is 0 Å². The molecule has 2 aromatic rings. The van der Waals surface area contributed by atoms with E-state index in [0.29, 0.717) is 18.7 Å². The van der Waals surface area contributed by atoms with E-state index in [9.17, 15) is 4.79 Å². The van der Waals surface area contributed by atoms with Crippen molar-refractivity contribution in [3.63, 3.8) is 0 Å². The molecule has 0 radical (unpaired) electrons. The lowest BCUT2D eigenvalue weighted by atomic mass is 10.1. The van der Waals surface area contributed by atoms with Gasteiger partial charge in [0.05, 0.1) is 17.9 Å². The molecule has 0 aliphatic carbocycles. The van der Waals surface area contributed by atoms with E-state index in [2.05, 4.69) is 4.98 Å². The lowest BCUT2D eigenvalue weighted by Gasteiger charge is -2.05. The first-order chi connectivity index (χ1) is 9.24. The summed E-state index contributed by atoms with van der Waals surface area (Å²) < 4.78 is 4.94. The standard InChI is InChI=1S/C15H16N2O2/c1-2-19-15(18)12-5-3-11(4-6-12)13-7-8-14(9-16)17-10-13/h3-8,10H,2,9,16H2,1H3. The van der Waals surface area contributed by atoms with Crippen molar-refractivity contribution < 1.29 is 9.53 Å². The number of hydrogen-bond donors (Lipinski definition) is 1. The molecular formula is C15H16N2O2. The van der Waals surface area contributed by atoms with Crippen LogP contribution in [0.2, 0.25) is 0 Å². The Morgan fingerprint density at radius 2 is 1.84 bits per heavy atom. The van der Waals surface area contributed by atoms with Crippen molar-refractivity contribution in [3.8, 4) is 11.1 Å². The molecule has 1 aromatic carbocycles. The van der Waals surface area contributed by atoms with Crippen LogP contribution in [0.1, 0.15) is 23.0 Å². The number of rotatable bonds is 4. The number of pyridine rings is 1. The monoisotopic (exact) mass is 256 g/mol. The Morgan fingerprint density at radius 1 is 1.16 bits per heavy atom. The van der Waals surface area contributed by atoms with E-state index < -0.39 is 0 Å². The first kappa shape index (κ1) is 13.2. The highest BCUT2D eigenvalue weighted by Gasteiger charge is 2.06. The summed E-state index contributed by atoms with van der Waals surface area (Å²) in [5.74, 6) is -0.300. The number of hydrogen-bond acceptors (Lipinski definition) is 4. The van der Waals surface area contributed by atoms with E-state index in [1.807, 2.05) is 24.3 Å². The molecule has 19 heavy (non-hydrogen) atoms. The summed E-state index contributed by atoms with van der Waals surface area (Å²) in [7, 11) is 0. The van der Waals surface area contributed by atoms with Crippen molar-refractivity contribution in [3.05, 3.63) is 53.9 Å². The SMILES string of the molecule is CCOC(=O)c1ccc(-c2ccc(CN)nc2)cc1. The Balaban J connectivity index is 2.19. The zero-order valence-electron chi connectivity index (χ0n) is 10.8. The van der Waals surface area contributed by atoms with Gasteiger partial charge in [-0.15, -0.1) is 0 Å².